The summed E-state index contributed by atoms with van der Waals surface area (Å²) in [6, 6.07) is 9.88. The van der Waals surface area contributed by atoms with Gasteiger partial charge in [-0.3, -0.25) is 4.90 Å². The Bertz CT molecular complexity index is 993. The molecule has 4 nitrogen and oxygen atoms in total. The molecular weight excluding hydrogens is 385 g/mol. The Morgan fingerprint density at radius 1 is 1.07 bits per heavy atom. The summed E-state index contributed by atoms with van der Waals surface area (Å²) in [7, 11) is 0. The number of aryl methyl sites for hydroxylation is 2. The van der Waals surface area contributed by atoms with Gasteiger partial charge in [0.1, 0.15) is 12.1 Å². The van der Waals surface area contributed by atoms with Gasteiger partial charge < -0.3 is 9.69 Å². The summed E-state index contributed by atoms with van der Waals surface area (Å²) in [5, 5.41) is 0.982. The molecule has 0 amide bonds. The van der Waals surface area contributed by atoms with Crippen molar-refractivity contribution in [3.05, 3.63) is 58.4 Å². The molecule has 0 spiro atoms. The minimum atomic E-state index is -0.191. The van der Waals surface area contributed by atoms with Gasteiger partial charge in [-0.25, -0.2) is 9.37 Å². The van der Waals surface area contributed by atoms with Crippen LogP contribution in [0.5, 0.6) is 0 Å². The van der Waals surface area contributed by atoms with E-state index < -0.39 is 0 Å². The molecule has 0 N–H and O–H groups in total. The highest BCUT2D eigenvalue weighted by Gasteiger charge is 2.19. The highest BCUT2D eigenvalue weighted by Crippen LogP contribution is 2.31. The summed E-state index contributed by atoms with van der Waals surface area (Å²) in [5.41, 5.74) is 4.97. The zero-order valence-electron chi connectivity index (χ0n) is 16.9. The Labute approximate surface area is 175 Å². The maximum Gasteiger partial charge on any atom is 0.186 e. The van der Waals surface area contributed by atoms with Crippen LogP contribution < -0.4 is 4.90 Å². The highest BCUT2D eigenvalue weighted by atomic mass is 32.1. The molecule has 1 aliphatic heterocycles. The van der Waals surface area contributed by atoms with Gasteiger partial charge >= 0.3 is 0 Å². The molecule has 4 rings (SSSR count). The number of aldehydes is 1. The average molecular weight is 412 g/mol. The molecule has 1 fully saturated rings. The van der Waals surface area contributed by atoms with Gasteiger partial charge in [0.2, 0.25) is 0 Å². The van der Waals surface area contributed by atoms with Crippen LogP contribution in [0.4, 0.5) is 9.52 Å². The fraction of sp³-hybridized carbons (Fsp3) is 0.391. The molecule has 0 radical (unpaired) electrons. The smallest absolute Gasteiger partial charge is 0.186 e. The lowest BCUT2D eigenvalue weighted by molar-refractivity contribution is -0.107. The molecule has 0 atom stereocenters. The topological polar surface area (TPSA) is 36.4 Å². The number of hydrogen-bond donors (Lipinski definition) is 0. The van der Waals surface area contributed by atoms with Crippen LogP contribution in [-0.2, 0) is 17.8 Å². The van der Waals surface area contributed by atoms with Gasteiger partial charge in [0, 0.05) is 45.2 Å². The van der Waals surface area contributed by atoms with Gasteiger partial charge in [0.05, 0.1) is 10.2 Å². The van der Waals surface area contributed by atoms with Gasteiger partial charge in [0.15, 0.2) is 5.13 Å². The summed E-state index contributed by atoms with van der Waals surface area (Å²) < 4.78 is 14.9. The Kier molecular flexibility index (Phi) is 5.92. The van der Waals surface area contributed by atoms with Crippen molar-refractivity contribution in [3.63, 3.8) is 0 Å². The molecule has 29 heavy (non-hydrogen) atoms. The summed E-state index contributed by atoms with van der Waals surface area (Å²) in [5.74, 6) is -0.191. The number of hydrogen-bond acceptors (Lipinski definition) is 5. The van der Waals surface area contributed by atoms with Crippen LogP contribution in [0.25, 0.3) is 10.2 Å². The SMILES string of the molecule is Cc1cc(CC=O)cc(CN2CCCN(c3nc4cc(F)c(C)cc4s3)CC2)c1. The summed E-state index contributed by atoms with van der Waals surface area (Å²) in [6.45, 7) is 8.64. The third kappa shape index (κ3) is 4.65. The molecule has 0 bridgehead atoms. The van der Waals surface area contributed by atoms with Crippen LogP contribution in [0, 0.1) is 19.7 Å². The molecule has 152 valence electrons. The van der Waals surface area contributed by atoms with Crippen molar-refractivity contribution in [1.29, 1.82) is 0 Å². The number of rotatable bonds is 5. The minimum absolute atomic E-state index is 0.191. The molecule has 0 unspecified atom stereocenters. The fourth-order valence-electron chi connectivity index (χ4n) is 4.00. The van der Waals surface area contributed by atoms with Crippen molar-refractivity contribution in [2.45, 2.75) is 33.2 Å². The van der Waals surface area contributed by atoms with Crippen molar-refractivity contribution in [1.82, 2.24) is 9.88 Å². The molecule has 0 aliphatic carbocycles. The van der Waals surface area contributed by atoms with E-state index in [1.54, 1.807) is 24.3 Å². The Morgan fingerprint density at radius 2 is 1.90 bits per heavy atom. The first kappa shape index (κ1) is 20.0. The second-order valence-corrected chi connectivity index (χ2v) is 8.89. The van der Waals surface area contributed by atoms with E-state index in [1.165, 1.54) is 11.1 Å². The molecule has 2 heterocycles. The van der Waals surface area contributed by atoms with E-state index in [-0.39, 0.29) is 5.82 Å². The van der Waals surface area contributed by atoms with Crippen LogP contribution >= 0.6 is 11.3 Å². The Balaban J connectivity index is 1.45. The van der Waals surface area contributed by atoms with E-state index >= 15 is 0 Å². The van der Waals surface area contributed by atoms with Crippen LogP contribution in [-0.4, -0.2) is 42.3 Å². The predicted molar refractivity (Wildman–Crippen MR) is 117 cm³/mol. The van der Waals surface area contributed by atoms with Crippen LogP contribution in [0.3, 0.4) is 0 Å². The van der Waals surface area contributed by atoms with Gasteiger partial charge in [0.25, 0.3) is 0 Å². The maximum atomic E-state index is 13.9. The molecule has 6 heteroatoms. The number of fused-ring (bicyclic) bond motifs is 1. The molecule has 2 aromatic carbocycles. The number of carbonyl (C=O) groups is 1. The van der Waals surface area contributed by atoms with Gasteiger partial charge in [-0.05, 0) is 43.0 Å². The molecule has 3 aromatic rings. The summed E-state index contributed by atoms with van der Waals surface area (Å²) in [4.78, 5) is 20.3. The van der Waals surface area contributed by atoms with Crippen LogP contribution in [0.2, 0.25) is 0 Å². The van der Waals surface area contributed by atoms with Gasteiger partial charge in [-0.2, -0.15) is 0 Å². The lowest BCUT2D eigenvalue weighted by atomic mass is 10.0. The first-order chi connectivity index (χ1) is 14.0. The Hall–Kier alpha value is -2.31. The largest absolute Gasteiger partial charge is 0.347 e. The zero-order valence-corrected chi connectivity index (χ0v) is 17.8. The van der Waals surface area contributed by atoms with E-state index in [0.717, 1.165) is 66.3 Å². The van der Waals surface area contributed by atoms with Crippen molar-refractivity contribution in [3.8, 4) is 0 Å². The van der Waals surface area contributed by atoms with Crippen molar-refractivity contribution >= 4 is 33.0 Å². The predicted octanol–water partition coefficient (Wildman–Crippen LogP) is 4.51. The number of thiazole rings is 1. The van der Waals surface area contributed by atoms with Crippen molar-refractivity contribution in [2.24, 2.45) is 0 Å². The lowest BCUT2D eigenvalue weighted by Gasteiger charge is -2.22. The minimum Gasteiger partial charge on any atom is -0.347 e. The van der Waals surface area contributed by atoms with Crippen molar-refractivity contribution < 1.29 is 9.18 Å². The van der Waals surface area contributed by atoms with Gasteiger partial charge in [-0.15, -0.1) is 0 Å². The first-order valence-electron chi connectivity index (χ1n) is 10.1. The quantitative estimate of drug-likeness (QED) is 0.579. The second kappa shape index (κ2) is 8.59. The molecule has 0 saturated carbocycles. The maximum absolute atomic E-state index is 13.9. The molecule has 1 aliphatic rings. The number of benzene rings is 2. The number of carbonyl (C=O) groups excluding carboxylic acids is 1. The third-order valence-corrected chi connectivity index (χ3v) is 6.52. The highest BCUT2D eigenvalue weighted by molar-refractivity contribution is 7.22. The van der Waals surface area contributed by atoms with E-state index in [2.05, 4.69) is 39.9 Å². The van der Waals surface area contributed by atoms with E-state index in [4.69, 9.17) is 0 Å². The normalized spacial score (nSPS) is 15.6. The van der Waals surface area contributed by atoms with Crippen LogP contribution in [0.1, 0.15) is 28.7 Å². The Morgan fingerprint density at radius 3 is 2.72 bits per heavy atom. The fourth-order valence-corrected chi connectivity index (χ4v) is 5.10. The molecule has 1 aromatic heterocycles. The third-order valence-electron chi connectivity index (χ3n) is 5.44. The van der Waals surface area contributed by atoms with E-state index in [0.29, 0.717) is 12.0 Å². The number of nitrogens with zero attached hydrogens (tertiary/aromatic N) is 3. The standard InChI is InChI=1S/C23H26FN3OS/c1-16-10-18(4-9-28)13-19(11-16)15-26-5-3-6-27(8-7-26)23-25-21-14-20(24)17(2)12-22(21)29-23/h9-14H,3-8,15H2,1-2H3. The number of halogens is 1. The molecule has 1 saturated heterocycles. The van der Waals surface area contributed by atoms with Crippen molar-refractivity contribution in [2.75, 3.05) is 31.1 Å². The summed E-state index contributed by atoms with van der Waals surface area (Å²) in [6.07, 6.45) is 2.50. The second-order valence-electron chi connectivity index (χ2n) is 7.88. The summed E-state index contributed by atoms with van der Waals surface area (Å²) >= 11 is 1.65. The van der Waals surface area contributed by atoms with E-state index in [9.17, 15) is 9.18 Å². The first-order valence-corrected chi connectivity index (χ1v) is 10.9. The van der Waals surface area contributed by atoms with E-state index in [1.807, 2.05) is 6.07 Å². The number of aromatic nitrogens is 1. The number of anilines is 1. The molecular formula is C23H26FN3OS. The zero-order chi connectivity index (χ0) is 20.4. The van der Waals surface area contributed by atoms with Crippen LogP contribution in [0.15, 0.2) is 30.3 Å². The van der Waals surface area contributed by atoms with Gasteiger partial charge in [-0.1, -0.05) is 35.1 Å². The average Bonchev–Trinajstić information content (AvgIpc) is 2.92. The lowest BCUT2D eigenvalue weighted by Crippen LogP contribution is -2.30. The monoisotopic (exact) mass is 411 g/mol.